The van der Waals surface area contributed by atoms with Crippen LogP contribution in [0.5, 0.6) is 0 Å². The van der Waals surface area contributed by atoms with Gasteiger partial charge in [0.15, 0.2) is 16.5 Å². The Morgan fingerprint density at radius 1 is 1.33 bits per heavy atom. The number of nitrogens with zero attached hydrogens (tertiary/aromatic N) is 5. The van der Waals surface area contributed by atoms with Gasteiger partial charge in [0, 0.05) is 28.8 Å². The lowest BCUT2D eigenvalue weighted by Gasteiger charge is -2.55. The number of nitrogens with two attached hydrogens (primary N) is 4. The molecule has 2 aliphatic rings. The van der Waals surface area contributed by atoms with E-state index < -0.39 is 34.6 Å². The number of hydrogen-bond donors (Lipinski definition) is 5. The Balaban J connectivity index is 1.47. The summed E-state index contributed by atoms with van der Waals surface area (Å²) in [5.41, 5.74) is 22.4. The number of nitrogen functional groups attached to an aromatic ring is 4. The summed E-state index contributed by atoms with van der Waals surface area (Å²) in [5.74, 6) is -1.92. The van der Waals surface area contributed by atoms with E-state index in [0.29, 0.717) is 11.7 Å². The maximum absolute atomic E-state index is 13.0. The molecule has 0 bridgehead atoms. The number of thioether (sulfide) groups is 2. The SMILES string of the molecule is CCON=C(C(=O)NC1C(=O)N2CC(CSc3nc(N)c(N)c(N)[n+]3CC)(C(=O)[O-])CS[C@H]12)c1csc(N)n1. The quantitative estimate of drug-likeness (QED) is 0.0490. The average molecular weight is 597 g/mol. The van der Waals surface area contributed by atoms with Crippen molar-refractivity contribution < 1.29 is 28.9 Å². The van der Waals surface area contributed by atoms with Crippen molar-refractivity contribution >= 4 is 80.8 Å². The Labute approximate surface area is 235 Å². The number of oxime groups is 1. The Bertz CT molecular complexity index is 1340. The van der Waals surface area contributed by atoms with Crippen LogP contribution in [-0.4, -0.2) is 74.4 Å². The molecule has 2 aromatic rings. The first-order valence-electron chi connectivity index (χ1n) is 11.8. The van der Waals surface area contributed by atoms with E-state index in [1.165, 1.54) is 16.7 Å². The van der Waals surface area contributed by atoms with Crippen LogP contribution in [0.15, 0.2) is 15.7 Å². The molecule has 2 aliphatic heterocycles. The first-order chi connectivity index (χ1) is 18.5. The number of β-lactam (4-membered cyclic amide) rings is 1. The lowest BCUT2D eigenvalue weighted by atomic mass is 9.89. The fraction of sp³-hybridized carbons (Fsp3) is 0.476. The highest BCUT2D eigenvalue weighted by atomic mass is 32.2. The van der Waals surface area contributed by atoms with Gasteiger partial charge in [0.2, 0.25) is 17.5 Å². The standard InChI is InChI=1S/C21H28N10O5S3/c1-3-30-14(24)10(22)13(23)28-20(30)39-8-21(18(34)35)6-31-16(33)12(17(31)38-7-21)27-15(32)11(29-36-4-2)9-5-37-19(25)26-9/h5,12,17H,3-4,6-8H2,1-2H3,(H9,22,23,24,25,26,27,29,32,34,35)/t12?,17-,21?/m1/s1. The summed E-state index contributed by atoms with van der Waals surface area (Å²) >= 11 is 3.51. The minimum Gasteiger partial charge on any atom is -0.549 e. The van der Waals surface area contributed by atoms with Gasteiger partial charge in [-0.25, -0.2) is 9.55 Å². The lowest BCUT2D eigenvalue weighted by Crippen LogP contribution is -2.75. The van der Waals surface area contributed by atoms with Gasteiger partial charge in [0.25, 0.3) is 5.91 Å². The number of anilines is 4. The fourth-order valence-electron chi connectivity index (χ4n) is 4.06. The second-order valence-electron chi connectivity index (χ2n) is 8.73. The van der Waals surface area contributed by atoms with Crippen molar-refractivity contribution in [3.63, 3.8) is 0 Å². The smallest absolute Gasteiger partial charge is 0.301 e. The Morgan fingerprint density at radius 2 is 2.08 bits per heavy atom. The van der Waals surface area contributed by atoms with Gasteiger partial charge in [-0.15, -0.1) is 23.1 Å². The molecular formula is C21H28N10O5S3. The first-order valence-corrected chi connectivity index (χ1v) is 14.7. The Morgan fingerprint density at radius 3 is 2.69 bits per heavy atom. The molecule has 0 radical (unpaired) electrons. The maximum Gasteiger partial charge on any atom is 0.301 e. The van der Waals surface area contributed by atoms with E-state index in [1.807, 2.05) is 6.92 Å². The van der Waals surface area contributed by atoms with Crippen molar-refractivity contribution in [2.75, 3.05) is 47.6 Å². The van der Waals surface area contributed by atoms with E-state index in [4.69, 9.17) is 27.8 Å². The molecule has 2 aromatic heterocycles. The average Bonchev–Trinajstić information content (AvgIpc) is 3.34. The van der Waals surface area contributed by atoms with Crippen molar-refractivity contribution in [2.24, 2.45) is 10.6 Å². The summed E-state index contributed by atoms with van der Waals surface area (Å²) in [6.07, 6.45) is 0. The van der Waals surface area contributed by atoms with Gasteiger partial charge >= 0.3 is 5.16 Å². The molecule has 4 heterocycles. The van der Waals surface area contributed by atoms with E-state index in [1.54, 1.807) is 16.9 Å². The van der Waals surface area contributed by atoms with Crippen molar-refractivity contribution in [3.05, 3.63) is 11.1 Å². The summed E-state index contributed by atoms with van der Waals surface area (Å²) in [7, 11) is 0. The van der Waals surface area contributed by atoms with Gasteiger partial charge in [-0.05, 0) is 13.8 Å². The number of carboxylic acids is 1. The van der Waals surface area contributed by atoms with E-state index in [9.17, 15) is 19.5 Å². The first kappa shape index (κ1) is 28.5. The van der Waals surface area contributed by atoms with Gasteiger partial charge in [0.1, 0.15) is 23.7 Å². The molecule has 39 heavy (non-hydrogen) atoms. The molecule has 18 heteroatoms. The number of fused-ring (bicyclic) bond motifs is 1. The van der Waals surface area contributed by atoms with Crippen LogP contribution in [0.3, 0.4) is 0 Å². The third-order valence-electron chi connectivity index (χ3n) is 6.21. The van der Waals surface area contributed by atoms with Gasteiger partial charge < -0.3 is 47.9 Å². The molecular weight excluding hydrogens is 568 g/mol. The maximum atomic E-state index is 13.0. The fourth-order valence-corrected chi connectivity index (χ4v) is 7.53. The van der Waals surface area contributed by atoms with E-state index >= 15 is 0 Å². The molecule has 210 valence electrons. The molecule has 2 saturated heterocycles. The van der Waals surface area contributed by atoms with Gasteiger partial charge in [-0.1, -0.05) is 21.9 Å². The molecule has 2 unspecified atom stereocenters. The molecule has 2 amide bonds. The van der Waals surface area contributed by atoms with Crippen LogP contribution in [0.2, 0.25) is 0 Å². The van der Waals surface area contributed by atoms with Crippen molar-refractivity contribution in [2.45, 2.75) is 37.0 Å². The van der Waals surface area contributed by atoms with Crippen molar-refractivity contribution in [1.82, 2.24) is 20.2 Å². The van der Waals surface area contributed by atoms with Crippen LogP contribution in [0.25, 0.3) is 0 Å². The number of rotatable bonds is 10. The number of amides is 2. The zero-order valence-electron chi connectivity index (χ0n) is 21.1. The number of hydrogen-bond acceptors (Lipinski definition) is 15. The van der Waals surface area contributed by atoms with Crippen molar-refractivity contribution in [1.29, 1.82) is 0 Å². The number of thiazole rings is 1. The molecule has 0 spiro atoms. The molecule has 0 saturated carbocycles. The highest BCUT2D eigenvalue weighted by Gasteiger charge is 2.56. The Hall–Kier alpha value is -3.51. The predicted octanol–water partition coefficient (Wildman–Crippen LogP) is -2.16. The summed E-state index contributed by atoms with van der Waals surface area (Å²) in [5, 5.41) is 20.6. The zero-order valence-corrected chi connectivity index (χ0v) is 23.5. The lowest BCUT2D eigenvalue weighted by molar-refractivity contribution is -0.719. The molecule has 2 fully saturated rings. The zero-order chi connectivity index (χ0) is 28.5. The van der Waals surface area contributed by atoms with Gasteiger partial charge in [-0.2, -0.15) is 0 Å². The van der Waals surface area contributed by atoms with E-state index in [-0.39, 0.29) is 58.5 Å². The summed E-state index contributed by atoms with van der Waals surface area (Å²) < 4.78 is 1.63. The minimum absolute atomic E-state index is 0.0437. The molecule has 4 rings (SSSR count). The van der Waals surface area contributed by atoms with E-state index in [0.717, 1.165) is 23.1 Å². The van der Waals surface area contributed by atoms with Crippen LogP contribution < -0.4 is 37.9 Å². The highest BCUT2D eigenvalue weighted by Crippen LogP contribution is 2.44. The van der Waals surface area contributed by atoms with Crippen LogP contribution in [0.1, 0.15) is 19.5 Å². The van der Waals surface area contributed by atoms with E-state index in [2.05, 4.69) is 20.4 Å². The third kappa shape index (κ3) is 5.35. The Kier molecular flexibility index (Phi) is 8.26. The van der Waals surface area contributed by atoms with Crippen LogP contribution in [0, 0.1) is 5.41 Å². The summed E-state index contributed by atoms with van der Waals surface area (Å²) in [6.45, 7) is 4.11. The molecule has 9 N–H and O–H groups in total. The molecule has 3 atom stereocenters. The number of carboxylic acid groups (broad SMARTS) is 1. The summed E-state index contributed by atoms with van der Waals surface area (Å²) in [4.78, 5) is 53.2. The number of nitrogens with one attached hydrogen (secondary N) is 1. The molecule has 15 nitrogen and oxygen atoms in total. The molecule has 0 aromatic carbocycles. The van der Waals surface area contributed by atoms with Gasteiger partial charge in [0.05, 0.1) is 12.5 Å². The van der Waals surface area contributed by atoms with Crippen LogP contribution in [-0.2, 0) is 25.8 Å². The normalized spacial score (nSPS) is 22.7. The predicted molar refractivity (Wildman–Crippen MR) is 146 cm³/mol. The monoisotopic (exact) mass is 596 g/mol. The number of aromatic nitrogens is 3. The largest absolute Gasteiger partial charge is 0.549 e. The number of carbonyl (C=O) groups excluding carboxylic acids is 3. The second-order valence-corrected chi connectivity index (χ2v) is 11.7. The topological polar surface area (TPSA) is 245 Å². The van der Waals surface area contributed by atoms with Crippen LogP contribution in [0.4, 0.5) is 22.5 Å². The van der Waals surface area contributed by atoms with Crippen molar-refractivity contribution in [3.8, 4) is 0 Å². The summed E-state index contributed by atoms with van der Waals surface area (Å²) in [6, 6.07) is -0.877. The number of aliphatic carboxylic acids is 1. The highest BCUT2D eigenvalue weighted by molar-refractivity contribution is 8.00. The third-order valence-corrected chi connectivity index (χ3v) is 9.74. The van der Waals surface area contributed by atoms with Gasteiger partial charge in [-0.3, -0.25) is 9.59 Å². The minimum atomic E-state index is -1.38. The van der Waals surface area contributed by atoms with Crippen LogP contribution >= 0.6 is 34.9 Å². The number of carbonyl (C=O) groups is 3. The molecule has 0 aliphatic carbocycles. The second kappa shape index (κ2) is 11.3.